The minimum absolute atomic E-state index is 0.678. The van der Waals surface area contributed by atoms with Crippen molar-refractivity contribution in [3.63, 3.8) is 0 Å². The summed E-state index contributed by atoms with van der Waals surface area (Å²) in [7, 11) is 2.36. The number of hydrogen-bond acceptors (Lipinski definition) is 2. The van der Waals surface area contributed by atoms with Gasteiger partial charge in [-0.3, -0.25) is 0 Å². The van der Waals surface area contributed by atoms with E-state index in [1.165, 1.54) is 50.5 Å². The van der Waals surface area contributed by atoms with Crippen LogP contribution in [0.3, 0.4) is 0 Å². The Morgan fingerprint density at radius 1 is 1.05 bits per heavy atom. The van der Waals surface area contributed by atoms with Gasteiger partial charge in [-0.2, -0.15) is 0 Å². The van der Waals surface area contributed by atoms with Gasteiger partial charge in [-0.25, -0.2) is 0 Å². The third kappa shape index (κ3) is 3.32. The lowest BCUT2D eigenvalue weighted by Gasteiger charge is -2.43. The van der Waals surface area contributed by atoms with Crippen LogP contribution in [0.15, 0.2) is 30.3 Å². The maximum atomic E-state index is 6.09. The fourth-order valence-electron chi connectivity index (χ4n) is 4.59. The molecule has 0 spiro atoms. The molecule has 2 aliphatic rings. The molecule has 1 aromatic carbocycles. The molecule has 3 atom stereocenters. The lowest BCUT2D eigenvalue weighted by Crippen LogP contribution is -2.48. The molecule has 116 valence electrons. The van der Waals surface area contributed by atoms with Crippen LogP contribution in [0.4, 0.5) is 0 Å². The van der Waals surface area contributed by atoms with E-state index in [1.807, 2.05) is 0 Å². The van der Waals surface area contributed by atoms with Crippen molar-refractivity contribution in [1.82, 2.24) is 4.90 Å². The normalized spacial score (nSPS) is 30.9. The maximum absolute atomic E-state index is 6.09. The van der Waals surface area contributed by atoms with E-state index in [1.54, 1.807) is 0 Å². The Kier molecular flexibility index (Phi) is 4.97. The fourth-order valence-corrected chi connectivity index (χ4v) is 4.59. The number of nitrogens with two attached hydrogens (primary N) is 1. The van der Waals surface area contributed by atoms with E-state index in [4.69, 9.17) is 5.73 Å². The summed E-state index contributed by atoms with van der Waals surface area (Å²) in [5.41, 5.74) is 7.61. The van der Waals surface area contributed by atoms with Crippen LogP contribution in [0.5, 0.6) is 0 Å². The van der Waals surface area contributed by atoms with Gasteiger partial charge in [0.05, 0.1) is 0 Å². The molecule has 21 heavy (non-hydrogen) atoms. The molecule has 0 radical (unpaired) electrons. The van der Waals surface area contributed by atoms with E-state index < -0.39 is 0 Å². The highest BCUT2D eigenvalue weighted by molar-refractivity contribution is 5.20. The summed E-state index contributed by atoms with van der Waals surface area (Å²) in [6.45, 7) is 0.850. The Morgan fingerprint density at radius 2 is 1.76 bits per heavy atom. The highest BCUT2D eigenvalue weighted by Gasteiger charge is 2.35. The second-order valence-electron chi connectivity index (χ2n) is 7.09. The fraction of sp³-hybridized carbons (Fsp3) is 0.684. The SMILES string of the molecule is CN(C1CCCC1)C1CC(c2ccccc2)CCC1CN. The van der Waals surface area contributed by atoms with Crippen molar-refractivity contribution in [1.29, 1.82) is 0 Å². The molecule has 2 N–H and O–H groups in total. The molecule has 1 aromatic rings. The predicted octanol–water partition coefficient (Wildman–Crippen LogP) is 3.77. The van der Waals surface area contributed by atoms with Gasteiger partial charge < -0.3 is 10.6 Å². The predicted molar refractivity (Wildman–Crippen MR) is 89.4 cm³/mol. The summed E-state index contributed by atoms with van der Waals surface area (Å²) in [6.07, 6.45) is 9.49. The second-order valence-corrected chi connectivity index (χ2v) is 7.09. The topological polar surface area (TPSA) is 29.3 Å². The van der Waals surface area contributed by atoms with Gasteiger partial charge in [-0.1, -0.05) is 43.2 Å². The standard InChI is InChI=1S/C19H30N2/c1-21(18-9-5-6-10-18)19-13-16(11-12-17(19)14-20)15-7-3-2-4-8-15/h2-4,7-8,16-19H,5-6,9-14,20H2,1H3. The summed E-state index contributed by atoms with van der Waals surface area (Å²) in [5.74, 6) is 1.42. The molecule has 2 fully saturated rings. The zero-order chi connectivity index (χ0) is 14.7. The third-order valence-corrected chi connectivity index (χ3v) is 5.95. The minimum atomic E-state index is 0.678. The first kappa shape index (κ1) is 15.1. The summed E-state index contributed by atoms with van der Waals surface area (Å²) in [6, 6.07) is 12.6. The van der Waals surface area contributed by atoms with Crippen LogP contribution in [0.2, 0.25) is 0 Å². The number of benzene rings is 1. The van der Waals surface area contributed by atoms with E-state index in [-0.39, 0.29) is 0 Å². The monoisotopic (exact) mass is 286 g/mol. The largest absolute Gasteiger partial charge is 0.330 e. The summed E-state index contributed by atoms with van der Waals surface area (Å²) < 4.78 is 0. The van der Waals surface area contributed by atoms with Gasteiger partial charge in [0.25, 0.3) is 0 Å². The molecule has 3 unspecified atom stereocenters. The van der Waals surface area contributed by atoms with Crippen LogP contribution in [-0.2, 0) is 0 Å². The summed E-state index contributed by atoms with van der Waals surface area (Å²) in [4.78, 5) is 2.69. The van der Waals surface area contributed by atoms with Crippen molar-refractivity contribution in [2.45, 2.75) is 62.9 Å². The Balaban J connectivity index is 1.72. The lowest BCUT2D eigenvalue weighted by atomic mass is 9.74. The molecule has 0 bridgehead atoms. The number of rotatable bonds is 4. The first-order valence-electron chi connectivity index (χ1n) is 8.76. The molecule has 0 aromatic heterocycles. The van der Waals surface area contributed by atoms with Crippen LogP contribution in [0.25, 0.3) is 0 Å². The van der Waals surface area contributed by atoms with Gasteiger partial charge in [-0.15, -0.1) is 0 Å². The van der Waals surface area contributed by atoms with E-state index in [0.717, 1.165) is 18.5 Å². The first-order valence-corrected chi connectivity index (χ1v) is 8.76. The van der Waals surface area contributed by atoms with Gasteiger partial charge in [0.15, 0.2) is 0 Å². The van der Waals surface area contributed by atoms with Crippen LogP contribution in [0, 0.1) is 5.92 Å². The van der Waals surface area contributed by atoms with Crippen molar-refractivity contribution in [3.8, 4) is 0 Å². The average molecular weight is 286 g/mol. The smallest absolute Gasteiger partial charge is 0.0141 e. The van der Waals surface area contributed by atoms with Gasteiger partial charge in [0, 0.05) is 12.1 Å². The van der Waals surface area contributed by atoms with E-state index in [2.05, 4.69) is 42.3 Å². The molecule has 2 aliphatic carbocycles. The van der Waals surface area contributed by atoms with Crippen molar-refractivity contribution in [2.75, 3.05) is 13.6 Å². The highest BCUT2D eigenvalue weighted by atomic mass is 15.2. The maximum Gasteiger partial charge on any atom is 0.0141 e. The quantitative estimate of drug-likeness (QED) is 0.913. The minimum Gasteiger partial charge on any atom is -0.330 e. The molecule has 0 amide bonds. The van der Waals surface area contributed by atoms with Gasteiger partial charge in [0.1, 0.15) is 0 Å². The van der Waals surface area contributed by atoms with Crippen molar-refractivity contribution < 1.29 is 0 Å². The molecule has 2 nitrogen and oxygen atoms in total. The Hall–Kier alpha value is -0.860. The van der Waals surface area contributed by atoms with Crippen LogP contribution in [-0.4, -0.2) is 30.6 Å². The molecule has 3 rings (SSSR count). The molecular formula is C19H30N2. The lowest BCUT2D eigenvalue weighted by molar-refractivity contribution is 0.0856. The van der Waals surface area contributed by atoms with Gasteiger partial charge >= 0.3 is 0 Å². The van der Waals surface area contributed by atoms with E-state index >= 15 is 0 Å². The highest BCUT2D eigenvalue weighted by Crippen LogP contribution is 2.39. The third-order valence-electron chi connectivity index (χ3n) is 5.95. The summed E-state index contributed by atoms with van der Waals surface area (Å²) >= 11 is 0. The molecule has 0 saturated heterocycles. The Labute approximate surface area is 129 Å². The number of nitrogens with zero attached hydrogens (tertiary/aromatic N) is 1. The van der Waals surface area contributed by atoms with Crippen LogP contribution < -0.4 is 5.73 Å². The van der Waals surface area contributed by atoms with Gasteiger partial charge in [0.2, 0.25) is 0 Å². The Bertz CT molecular complexity index is 424. The Morgan fingerprint density at radius 3 is 2.43 bits per heavy atom. The van der Waals surface area contributed by atoms with Crippen LogP contribution in [0.1, 0.15) is 56.4 Å². The molecular weight excluding hydrogens is 256 g/mol. The van der Waals surface area contributed by atoms with Crippen molar-refractivity contribution >= 4 is 0 Å². The van der Waals surface area contributed by atoms with E-state index in [0.29, 0.717) is 12.0 Å². The van der Waals surface area contributed by atoms with Crippen molar-refractivity contribution in [3.05, 3.63) is 35.9 Å². The molecule has 2 heteroatoms. The van der Waals surface area contributed by atoms with Crippen molar-refractivity contribution in [2.24, 2.45) is 11.7 Å². The molecule has 0 heterocycles. The zero-order valence-corrected chi connectivity index (χ0v) is 13.4. The van der Waals surface area contributed by atoms with E-state index in [9.17, 15) is 0 Å². The van der Waals surface area contributed by atoms with Crippen LogP contribution >= 0.6 is 0 Å². The van der Waals surface area contributed by atoms with Gasteiger partial charge in [-0.05, 0) is 63.1 Å². The summed E-state index contributed by atoms with van der Waals surface area (Å²) in [5, 5.41) is 0. The molecule has 2 saturated carbocycles. The number of hydrogen-bond donors (Lipinski definition) is 1. The zero-order valence-electron chi connectivity index (χ0n) is 13.4. The molecule has 0 aliphatic heterocycles. The average Bonchev–Trinajstić information content (AvgIpc) is 3.09. The first-order chi connectivity index (χ1) is 10.3. The second kappa shape index (κ2) is 6.93.